The Labute approximate surface area is 227 Å². The van der Waals surface area contributed by atoms with Crippen LogP contribution in [0.5, 0.6) is 23.0 Å². The summed E-state index contributed by atoms with van der Waals surface area (Å²) in [6.45, 7) is 0. The van der Waals surface area contributed by atoms with Gasteiger partial charge in [0.2, 0.25) is 0 Å². The van der Waals surface area contributed by atoms with Crippen LogP contribution >= 0.6 is 12.4 Å². The van der Waals surface area contributed by atoms with Gasteiger partial charge in [0.15, 0.2) is 0 Å². The lowest BCUT2D eigenvalue weighted by molar-refractivity contribution is 0.0678. The minimum absolute atomic E-state index is 0. The largest absolute Gasteiger partial charge is 0.478 e. The number of ether oxygens (including phenoxy) is 2. The lowest BCUT2D eigenvalue weighted by atomic mass is 10.2. The van der Waals surface area contributed by atoms with Gasteiger partial charge in [0, 0.05) is 0 Å². The smallest absolute Gasteiger partial charge is 0.339 e. The van der Waals surface area contributed by atoms with Gasteiger partial charge in [-0.05, 0) is 48.5 Å². The molecule has 0 aromatic heterocycles. The number of carbonyl (C=O) groups is 4. The van der Waals surface area contributed by atoms with Crippen molar-refractivity contribution in [2.75, 3.05) is 0 Å². The van der Waals surface area contributed by atoms with E-state index in [1.807, 2.05) is 0 Å². The molecule has 0 spiro atoms. The molecule has 0 aliphatic heterocycles. The quantitative estimate of drug-likeness (QED) is 0.198. The van der Waals surface area contributed by atoms with Gasteiger partial charge < -0.3 is 29.9 Å². The Morgan fingerprint density at radius 3 is 0.744 bits per heavy atom. The van der Waals surface area contributed by atoms with Gasteiger partial charge in [0.05, 0.1) is 0 Å². The van der Waals surface area contributed by atoms with E-state index < -0.39 is 23.9 Å². The summed E-state index contributed by atoms with van der Waals surface area (Å²) >= 11 is 0. The van der Waals surface area contributed by atoms with Crippen LogP contribution < -0.4 is 9.47 Å². The Bertz CT molecular complexity index is 1280. The first-order chi connectivity index (χ1) is 18.2. The Morgan fingerprint density at radius 2 is 0.564 bits per heavy atom. The van der Waals surface area contributed by atoms with E-state index in [0.717, 1.165) is 0 Å². The number of aromatic carboxylic acids is 4. The van der Waals surface area contributed by atoms with Gasteiger partial charge in [-0.1, -0.05) is 48.5 Å². The van der Waals surface area contributed by atoms with Crippen molar-refractivity contribution in [2.24, 2.45) is 0 Å². The maximum atomic E-state index is 11.0. The molecule has 0 amide bonds. The molecule has 0 atom stereocenters. The second kappa shape index (κ2) is 13.8. The fraction of sp³-hybridized carbons (Fsp3) is 0. The first-order valence-corrected chi connectivity index (χ1v) is 10.8. The second-order valence-electron chi connectivity index (χ2n) is 7.41. The van der Waals surface area contributed by atoms with E-state index in [-0.39, 0.29) is 57.7 Å². The van der Waals surface area contributed by atoms with E-state index in [4.69, 9.17) is 29.9 Å². The van der Waals surface area contributed by atoms with Gasteiger partial charge in [-0.25, -0.2) is 19.2 Å². The predicted molar refractivity (Wildman–Crippen MR) is 141 cm³/mol. The third-order valence-electron chi connectivity index (χ3n) is 4.91. The van der Waals surface area contributed by atoms with Gasteiger partial charge in [-0.2, -0.15) is 0 Å². The number of carboxylic acids is 4. The third kappa shape index (κ3) is 7.81. The SMILES string of the molecule is Cl.O=C(O)c1ccccc1Oc1ccccc1C(=O)O.O=C(O)c1ccccc1Oc1ccccc1C(=O)O. The number of hydrogen-bond acceptors (Lipinski definition) is 6. The van der Waals surface area contributed by atoms with Crippen molar-refractivity contribution in [3.8, 4) is 23.0 Å². The van der Waals surface area contributed by atoms with Gasteiger partial charge in [0.1, 0.15) is 45.3 Å². The van der Waals surface area contributed by atoms with Crippen molar-refractivity contribution >= 4 is 36.3 Å². The molecule has 11 heteroatoms. The molecule has 0 aliphatic carbocycles. The van der Waals surface area contributed by atoms with E-state index in [9.17, 15) is 19.2 Å². The van der Waals surface area contributed by atoms with Crippen LogP contribution in [0.1, 0.15) is 41.4 Å². The predicted octanol–water partition coefficient (Wildman–Crippen LogP) is 6.17. The molecule has 4 rings (SSSR count). The van der Waals surface area contributed by atoms with Crippen LogP contribution in [0.4, 0.5) is 0 Å². The first kappa shape index (κ1) is 29.9. The summed E-state index contributed by atoms with van der Waals surface area (Å²) in [6, 6.07) is 24.2. The molecule has 0 saturated heterocycles. The molecule has 4 N–H and O–H groups in total. The number of carboxylic acid groups (broad SMARTS) is 4. The van der Waals surface area contributed by atoms with Gasteiger partial charge in [-0.15, -0.1) is 12.4 Å². The Morgan fingerprint density at radius 1 is 0.385 bits per heavy atom. The maximum Gasteiger partial charge on any atom is 0.339 e. The van der Waals surface area contributed by atoms with Crippen molar-refractivity contribution in [1.29, 1.82) is 0 Å². The molecule has 0 fully saturated rings. The first-order valence-electron chi connectivity index (χ1n) is 10.8. The Balaban J connectivity index is 0.000000267. The average Bonchev–Trinajstić information content (AvgIpc) is 2.90. The van der Waals surface area contributed by atoms with E-state index >= 15 is 0 Å². The fourth-order valence-electron chi connectivity index (χ4n) is 3.17. The molecule has 4 aromatic rings. The van der Waals surface area contributed by atoms with E-state index in [1.165, 1.54) is 48.5 Å². The lowest BCUT2D eigenvalue weighted by Gasteiger charge is -2.10. The van der Waals surface area contributed by atoms with Gasteiger partial charge in [-0.3, -0.25) is 0 Å². The minimum Gasteiger partial charge on any atom is -0.478 e. The molecule has 39 heavy (non-hydrogen) atoms. The molecular formula is C28H21ClO10. The van der Waals surface area contributed by atoms with Crippen LogP contribution in [0, 0.1) is 0 Å². The summed E-state index contributed by atoms with van der Waals surface area (Å²) in [7, 11) is 0. The van der Waals surface area contributed by atoms with Crippen molar-refractivity contribution in [1.82, 2.24) is 0 Å². The van der Waals surface area contributed by atoms with Crippen LogP contribution in [0.3, 0.4) is 0 Å². The highest BCUT2D eigenvalue weighted by atomic mass is 35.5. The van der Waals surface area contributed by atoms with Crippen molar-refractivity contribution in [2.45, 2.75) is 0 Å². The van der Waals surface area contributed by atoms with Crippen molar-refractivity contribution < 1.29 is 49.1 Å². The highest BCUT2D eigenvalue weighted by molar-refractivity contribution is 5.93. The van der Waals surface area contributed by atoms with Crippen LogP contribution in [0.25, 0.3) is 0 Å². The Hall–Kier alpha value is -5.35. The molecule has 0 bridgehead atoms. The standard InChI is InChI=1S/2C14H10O5.ClH/c2*15-13(16)9-5-1-3-7-11(9)19-12-8-4-2-6-10(12)14(17)18;/h2*1-8H,(H,15,16)(H,17,18);1H. The zero-order chi connectivity index (χ0) is 27.7. The van der Waals surface area contributed by atoms with Crippen LogP contribution in [-0.2, 0) is 0 Å². The van der Waals surface area contributed by atoms with E-state index in [2.05, 4.69) is 0 Å². The normalized spacial score (nSPS) is 9.64. The lowest BCUT2D eigenvalue weighted by Crippen LogP contribution is -2.03. The van der Waals surface area contributed by atoms with Crippen molar-refractivity contribution in [3.05, 3.63) is 119 Å². The van der Waals surface area contributed by atoms with Crippen molar-refractivity contribution in [3.63, 3.8) is 0 Å². The monoisotopic (exact) mass is 552 g/mol. The topological polar surface area (TPSA) is 168 Å². The molecular weight excluding hydrogens is 532 g/mol. The molecule has 200 valence electrons. The molecule has 0 radical (unpaired) electrons. The second-order valence-corrected chi connectivity index (χ2v) is 7.41. The number of benzene rings is 4. The molecule has 4 aromatic carbocycles. The zero-order valence-corrected chi connectivity index (χ0v) is 20.7. The summed E-state index contributed by atoms with van der Waals surface area (Å²) < 4.78 is 10.8. The summed E-state index contributed by atoms with van der Waals surface area (Å²) in [4.78, 5) is 44.1. The molecule has 0 aliphatic rings. The zero-order valence-electron chi connectivity index (χ0n) is 19.9. The summed E-state index contributed by atoms with van der Waals surface area (Å²) in [5, 5.41) is 36.1. The number of para-hydroxylation sites is 4. The van der Waals surface area contributed by atoms with Crippen LogP contribution in [-0.4, -0.2) is 44.3 Å². The van der Waals surface area contributed by atoms with Crippen LogP contribution in [0.15, 0.2) is 97.1 Å². The highest BCUT2D eigenvalue weighted by Gasteiger charge is 2.16. The number of rotatable bonds is 8. The molecule has 0 heterocycles. The number of hydrogen-bond donors (Lipinski definition) is 4. The van der Waals surface area contributed by atoms with Gasteiger partial charge >= 0.3 is 23.9 Å². The van der Waals surface area contributed by atoms with E-state index in [1.54, 1.807) is 48.5 Å². The molecule has 10 nitrogen and oxygen atoms in total. The summed E-state index contributed by atoms with van der Waals surface area (Å²) in [5.41, 5.74) is -0.101. The fourth-order valence-corrected chi connectivity index (χ4v) is 3.17. The van der Waals surface area contributed by atoms with Gasteiger partial charge in [0.25, 0.3) is 0 Å². The summed E-state index contributed by atoms with van der Waals surface area (Å²) in [5.74, 6) is -4.14. The van der Waals surface area contributed by atoms with Crippen LogP contribution in [0.2, 0.25) is 0 Å². The van der Waals surface area contributed by atoms with E-state index in [0.29, 0.717) is 0 Å². The average molecular weight is 553 g/mol. The molecule has 0 unspecified atom stereocenters. The Kier molecular flexibility index (Phi) is 10.6. The molecule has 0 saturated carbocycles. The minimum atomic E-state index is -1.14. The summed E-state index contributed by atoms with van der Waals surface area (Å²) in [6.07, 6.45) is 0. The highest BCUT2D eigenvalue weighted by Crippen LogP contribution is 2.29. The number of halogens is 1. The third-order valence-corrected chi connectivity index (χ3v) is 4.91. The maximum absolute atomic E-state index is 11.0.